The van der Waals surface area contributed by atoms with Crippen molar-refractivity contribution in [3.63, 3.8) is 0 Å². The average molecular weight is 336 g/mol. The molecule has 128 valence electrons. The molecule has 0 heterocycles. The highest BCUT2D eigenvalue weighted by molar-refractivity contribution is 5.91. The van der Waals surface area contributed by atoms with Crippen LogP contribution < -0.4 is 15.4 Å². The van der Waals surface area contributed by atoms with Gasteiger partial charge in [-0.1, -0.05) is 18.2 Å². The molecule has 0 radical (unpaired) electrons. The topological polar surface area (TPSA) is 70.6 Å². The summed E-state index contributed by atoms with van der Waals surface area (Å²) in [6.45, 7) is -0.673. The zero-order valence-corrected chi connectivity index (χ0v) is 12.8. The molecule has 0 spiro atoms. The Balaban J connectivity index is 1.88. The van der Waals surface area contributed by atoms with E-state index in [-0.39, 0.29) is 0 Å². The van der Waals surface area contributed by atoms with Gasteiger partial charge in [0.05, 0.1) is 0 Å². The Morgan fingerprint density at radius 1 is 1.12 bits per heavy atom. The molecule has 2 rings (SSSR count). The van der Waals surface area contributed by atoms with E-state index in [9.17, 15) is 13.6 Å². The number of hydrogen-bond acceptors (Lipinski definition) is 4. The van der Waals surface area contributed by atoms with Gasteiger partial charge in [-0.2, -0.15) is 0 Å². The summed E-state index contributed by atoms with van der Waals surface area (Å²) >= 11 is 0. The first kappa shape index (κ1) is 17.7. The van der Waals surface area contributed by atoms with Crippen molar-refractivity contribution in [3.8, 4) is 5.75 Å². The van der Waals surface area contributed by atoms with Gasteiger partial charge in [-0.25, -0.2) is 8.78 Å². The minimum atomic E-state index is -2.50. The molecule has 1 amide bonds. The number of amides is 1. The quantitative estimate of drug-likeness (QED) is 0.693. The zero-order valence-electron chi connectivity index (χ0n) is 12.8. The van der Waals surface area contributed by atoms with Crippen molar-refractivity contribution >= 4 is 17.3 Å². The van der Waals surface area contributed by atoms with E-state index in [0.29, 0.717) is 18.0 Å². The van der Waals surface area contributed by atoms with Crippen molar-refractivity contribution in [1.82, 2.24) is 0 Å². The van der Waals surface area contributed by atoms with Crippen LogP contribution in [0.3, 0.4) is 0 Å². The molecule has 24 heavy (non-hydrogen) atoms. The maximum Gasteiger partial charge on any atom is 0.272 e. The van der Waals surface area contributed by atoms with Crippen LogP contribution in [-0.2, 0) is 11.3 Å². The fraction of sp³-hybridized carbons (Fsp3) is 0.235. The van der Waals surface area contributed by atoms with Crippen molar-refractivity contribution in [2.24, 2.45) is 0 Å². The Bertz CT molecular complexity index is 663. The first-order valence-corrected chi connectivity index (χ1v) is 7.31. The lowest BCUT2D eigenvalue weighted by Crippen LogP contribution is -2.15. The van der Waals surface area contributed by atoms with Crippen LogP contribution in [0, 0.1) is 0 Å². The molecule has 0 aliphatic heterocycles. The van der Waals surface area contributed by atoms with Gasteiger partial charge in [-0.3, -0.25) is 4.79 Å². The van der Waals surface area contributed by atoms with Crippen molar-refractivity contribution in [3.05, 3.63) is 54.1 Å². The molecule has 2 aromatic carbocycles. The highest BCUT2D eigenvalue weighted by Gasteiger charge is 2.04. The fourth-order valence-corrected chi connectivity index (χ4v) is 1.97. The molecule has 0 fully saturated rings. The number of halogens is 2. The number of carbonyl (C=O) groups is 1. The summed E-state index contributed by atoms with van der Waals surface area (Å²) in [5, 5.41) is 14.5. The summed E-state index contributed by atoms with van der Waals surface area (Å²) in [7, 11) is 0. The molecular formula is C17H18F2N2O3. The van der Waals surface area contributed by atoms with E-state index >= 15 is 0 Å². The van der Waals surface area contributed by atoms with E-state index in [1.165, 1.54) is 0 Å². The number of hydrogen-bond donors (Lipinski definition) is 3. The Morgan fingerprint density at radius 3 is 2.50 bits per heavy atom. The van der Waals surface area contributed by atoms with E-state index in [1.54, 1.807) is 42.5 Å². The number of alkyl halides is 2. The maximum atomic E-state index is 12.1. The second kappa shape index (κ2) is 8.83. The molecule has 0 saturated heterocycles. The molecule has 2 aromatic rings. The van der Waals surface area contributed by atoms with Crippen molar-refractivity contribution in [1.29, 1.82) is 0 Å². The van der Waals surface area contributed by atoms with Crippen LogP contribution in [0.5, 0.6) is 5.75 Å². The number of benzene rings is 2. The normalized spacial score (nSPS) is 10.5. The van der Waals surface area contributed by atoms with Crippen molar-refractivity contribution in [2.45, 2.75) is 13.0 Å². The minimum absolute atomic E-state index is 0.396. The average Bonchev–Trinajstić information content (AvgIpc) is 2.59. The third-order valence-electron chi connectivity index (χ3n) is 3.09. The smallest absolute Gasteiger partial charge is 0.272 e. The van der Waals surface area contributed by atoms with Gasteiger partial charge < -0.3 is 20.5 Å². The van der Waals surface area contributed by atoms with Gasteiger partial charge in [-0.15, -0.1) is 0 Å². The lowest BCUT2D eigenvalue weighted by Gasteiger charge is -2.10. The van der Waals surface area contributed by atoms with Crippen molar-refractivity contribution < 1.29 is 23.4 Å². The highest BCUT2D eigenvalue weighted by atomic mass is 19.3. The molecule has 0 aliphatic rings. The second-order valence-corrected chi connectivity index (χ2v) is 4.99. The van der Waals surface area contributed by atoms with E-state index in [1.807, 2.05) is 6.07 Å². The first-order valence-electron chi connectivity index (χ1n) is 7.31. The Labute approximate surface area is 138 Å². The van der Waals surface area contributed by atoms with Crippen LogP contribution in [0.4, 0.5) is 20.2 Å². The van der Waals surface area contributed by atoms with Gasteiger partial charge in [0.25, 0.3) is 6.43 Å². The minimum Gasteiger partial charge on any atom is -0.488 e. The molecule has 3 N–H and O–H groups in total. The van der Waals surface area contributed by atoms with Gasteiger partial charge in [0.2, 0.25) is 5.91 Å². The third kappa shape index (κ3) is 5.85. The highest BCUT2D eigenvalue weighted by Crippen LogP contribution is 2.17. The summed E-state index contributed by atoms with van der Waals surface area (Å²) in [4.78, 5) is 11.2. The Hall–Kier alpha value is -2.67. The Kier molecular flexibility index (Phi) is 6.51. The largest absolute Gasteiger partial charge is 0.488 e. The Morgan fingerprint density at radius 2 is 1.83 bits per heavy atom. The van der Waals surface area contributed by atoms with Gasteiger partial charge >= 0.3 is 0 Å². The molecule has 7 heteroatoms. The molecule has 0 aliphatic carbocycles. The lowest BCUT2D eigenvalue weighted by atomic mass is 10.2. The van der Waals surface area contributed by atoms with Crippen LogP contribution in [0.15, 0.2) is 48.5 Å². The molecule has 5 nitrogen and oxygen atoms in total. The van der Waals surface area contributed by atoms with Gasteiger partial charge in [-0.05, 0) is 35.9 Å². The van der Waals surface area contributed by atoms with Gasteiger partial charge in [0, 0.05) is 17.9 Å². The third-order valence-corrected chi connectivity index (χ3v) is 3.09. The molecular weight excluding hydrogens is 318 g/mol. The lowest BCUT2D eigenvalue weighted by molar-refractivity contribution is -0.118. The van der Waals surface area contributed by atoms with Crippen LogP contribution in [0.1, 0.15) is 5.56 Å². The standard InChI is InChI=1S/C17H18F2N2O3/c18-16(19)11-24-15-6-4-12(5-7-15)9-20-13-2-1-3-14(8-13)21-17(23)10-22/h1-8,16,20,22H,9-11H2,(H,21,23). The molecule has 0 saturated carbocycles. The predicted molar refractivity (Wildman–Crippen MR) is 87.4 cm³/mol. The molecule has 0 aromatic heterocycles. The molecule has 0 atom stereocenters. The van der Waals surface area contributed by atoms with Crippen LogP contribution in [0.2, 0.25) is 0 Å². The fourth-order valence-electron chi connectivity index (χ4n) is 1.97. The number of carbonyl (C=O) groups excluding carboxylic acids is 1. The SMILES string of the molecule is O=C(CO)Nc1cccc(NCc2ccc(OCC(F)F)cc2)c1. The molecule has 0 unspecified atom stereocenters. The van der Waals surface area contributed by atoms with Gasteiger partial charge in [0.15, 0.2) is 0 Å². The maximum absolute atomic E-state index is 12.1. The van der Waals surface area contributed by atoms with E-state index in [0.717, 1.165) is 11.3 Å². The first-order chi connectivity index (χ1) is 11.6. The predicted octanol–water partition coefficient (Wildman–Crippen LogP) is 2.87. The van der Waals surface area contributed by atoms with E-state index < -0.39 is 25.5 Å². The number of aliphatic hydroxyl groups is 1. The van der Waals surface area contributed by atoms with Gasteiger partial charge in [0.1, 0.15) is 19.0 Å². The van der Waals surface area contributed by atoms with Crippen LogP contribution in [0.25, 0.3) is 0 Å². The monoisotopic (exact) mass is 336 g/mol. The van der Waals surface area contributed by atoms with E-state index in [2.05, 4.69) is 10.6 Å². The van der Waals surface area contributed by atoms with Crippen molar-refractivity contribution in [2.75, 3.05) is 23.8 Å². The van der Waals surface area contributed by atoms with E-state index in [4.69, 9.17) is 9.84 Å². The summed E-state index contributed by atoms with van der Waals surface area (Å²) in [6.07, 6.45) is -2.50. The number of nitrogens with one attached hydrogen (secondary N) is 2. The summed E-state index contributed by atoms with van der Waals surface area (Å²) in [5.41, 5.74) is 2.32. The summed E-state index contributed by atoms with van der Waals surface area (Å²) in [6, 6.07) is 13.9. The number of rotatable bonds is 8. The summed E-state index contributed by atoms with van der Waals surface area (Å²) < 4.78 is 29.1. The summed E-state index contributed by atoms with van der Waals surface area (Å²) in [5.74, 6) is -0.0840. The zero-order chi connectivity index (χ0) is 17.4. The number of anilines is 2. The van der Waals surface area contributed by atoms with Crippen LogP contribution in [-0.4, -0.2) is 30.7 Å². The van der Waals surface area contributed by atoms with Crippen LogP contribution >= 0.6 is 0 Å². The number of aliphatic hydroxyl groups excluding tert-OH is 1. The molecule has 0 bridgehead atoms. The number of ether oxygens (including phenoxy) is 1. The second-order valence-electron chi connectivity index (χ2n) is 4.99.